The Hall–Kier alpha value is -5.84. The van der Waals surface area contributed by atoms with Crippen molar-refractivity contribution in [1.82, 2.24) is 44.6 Å². The quantitative estimate of drug-likeness (QED) is 0.0860. The number of amides is 3. The fourth-order valence-electron chi connectivity index (χ4n) is 7.24. The van der Waals surface area contributed by atoms with Crippen molar-refractivity contribution in [3.8, 4) is 0 Å². The number of benzene rings is 3. The Kier molecular flexibility index (Phi) is 21.2. The molecule has 6 rings (SSSR count). The number of nitrogens with zero attached hydrogens (tertiary/aromatic N) is 6. The van der Waals surface area contributed by atoms with E-state index in [0.29, 0.717) is 46.7 Å². The highest BCUT2D eigenvalue weighted by atomic mass is 79.9. The summed E-state index contributed by atoms with van der Waals surface area (Å²) in [6, 6.07) is 16.8. The van der Waals surface area contributed by atoms with Gasteiger partial charge in [-0.05, 0) is 75.4 Å². The predicted molar refractivity (Wildman–Crippen MR) is 301 cm³/mol. The highest BCUT2D eigenvalue weighted by Crippen LogP contribution is 2.25. The van der Waals surface area contributed by atoms with Gasteiger partial charge in [0.05, 0.1) is 33.1 Å². The largest absolute Gasteiger partial charge is 0.456 e. The van der Waals surface area contributed by atoms with Crippen LogP contribution in [0.3, 0.4) is 0 Å². The van der Waals surface area contributed by atoms with Gasteiger partial charge in [-0.1, -0.05) is 110 Å². The highest BCUT2D eigenvalue weighted by molar-refractivity contribution is 9.11. The number of ether oxygens (including phenoxy) is 2. The van der Waals surface area contributed by atoms with E-state index in [1.807, 2.05) is 117 Å². The van der Waals surface area contributed by atoms with E-state index < -0.39 is 41.5 Å². The van der Waals surface area contributed by atoms with E-state index in [-0.39, 0.29) is 60.3 Å². The summed E-state index contributed by atoms with van der Waals surface area (Å²) in [6.45, 7) is 25.0. The van der Waals surface area contributed by atoms with Gasteiger partial charge in [-0.15, -0.1) is 0 Å². The van der Waals surface area contributed by atoms with Crippen LogP contribution in [0.25, 0.3) is 33.1 Å². The number of rotatable bonds is 12. The number of fused-ring (bicyclic) bond motifs is 3. The minimum Gasteiger partial charge on any atom is -0.456 e. The smallest absolute Gasteiger partial charge is 0.407 e. The first kappa shape index (κ1) is 61.7. The van der Waals surface area contributed by atoms with Crippen molar-refractivity contribution in [1.29, 1.82) is 0 Å². The van der Waals surface area contributed by atoms with Crippen LogP contribution >= 0.6 is 47.8 Å². The molecule has 0 fully saturated rings. The standard InChI is InChI=1S/C19H26BrN3O3.C18H22BrN3O4.C16H20BrN3O3/c1-18(2,3)15-16(24)23(10-9-21-17(25)26-19(4,5)6)14-11-12(20)7-8-13(14)22-15;1-11(23)26-10-15(24)20-7-8-22-14-9-12(19)5-6-13(14)21-16(17(22)25)18(2,3)4;1-16(2,3)14-15(23)20(7-6-18-13(22)9-21)12-8-10(17)4-5-11(12)19-14/h7-8,11H,9-10H2,1-6H3,(H,21,25);5-6,9H,7-8,10H2,1-4H3,(H,20,24);4-5,8,21H,6-7,9H2,1-3H3,(H,18,22). The van der Waals surface area contributed by atoms with Crippen LogP contribution in [0.1, 0.15) is 107 Å². The molecule has 19 nitrogen and oxygen atoms in total. The maximum absolute atomic E-state index is 13.0. The lowest BCUT2D eigenvalue weighted by Gasteiger charge is -2.21. The Labute approximate surface area is 461 Å². The van der Waals surface area contributed by atoms with Crippen molar-refractivity contribution >= 4 is 105 Å². The lowest BCUT2D eigenvalue weighted by atomic mass is 9.92. The van der Waals surface area contributed by atoms with Gasteiger partial charge in [-0.3, -0.25) is 28.8 Å². The van der Waals surface area contributed by atoms with E-state index in [0.717, 1.165) is 30.0 Å². The first-order valence-electron chi connectivity index (χ1n) is 24.1. The topological polar surface area (TPSA) is 248 Å². The zero-order chi connectivity index (χ0) is 56.4. The minimum atomic E-state index is -0.565. The van der Waals surface area contributed by atoms with Crippen LogP contribution in [0.15, 0.2) is 82.4 Å². The third-order valence-corrected chi connectivity index (χ3v) is 12.2. The molecule has 3 aromatic carbocycles. The second-order valence-electron chi connectivity index (χ2n) is 21.5. The molecular weight excluding hydrogens is 1160 g/mol. The van der Waals surface area contributed by atoms with E-state index in [2.05, 4.69) is 83.4 Å². The third kappa shape index (κ3) is 17.9. The van der Waals surface area contributed by atoms with Gasteiger partial charge in [-0.25, -0.2) is 19.7 Å². The highest BCUT2D eigenvalue weighted by Gasteiger charge is 2.26. The molecule has 0 radical (unpaired) electrons. The summed E-state index contributed by atoms with van der Waals surface area (Å²) in [7, 11) is 0. The number of aliphatic hydroxyl groups is 1. The fourth-order valence-corrected chi connectivity index (χ4v) is 8.29. The second-order valence-corrected chi connectivity index (χ2v) is 24.2. The second kappa shape index (κ2) is 25.8. The number of alkyl carbamates (subject to hydrolysis) is 1. The number of nitrogens with one attached hydrogen (secondary N) is 3. The molecule has 406 valence electrons. The molecule has 0 spiro atoms. The lowest BCUT2D eigenvalue weighted by Crippen LogP contribution is -2.37. The van der Waals surface area contributed by atoms with Gasteiger partial charge in [0, 0.05) is 75.9 Å². The molecule has 6 aromatic rings. The summed E-state index contributed by atoms with van der Waals surface area (Å²) in [5.74, 6) is -1.39. The number of hydrogen-bond acceptors (Lipinski definition) is 13. The van der Waals surface area contributed by atoms with Crippen LogP contribution in [0.4, 0.5) is 4.79 Å². The van der Waals surface area contributed by atoms with Crippen LogP contribution in [-0.2, 0) is 59.7 Å². The maximum atomic E-state index is 13.0. The molecule has 3 heterocycles. The lowest BCUT2D eigenvalue weighted by molar-refractivity contribution is -0.146. The molecule has 0 saturated heterocycles. The number of aromatic nitrogens is 6. The van der Waals surface area contributed by atoms with Gasteiger partial charge >= 0.3 is 12.1 Å². The normalized spacial score (nSPS) is 11.8. The minimum absolute atomic E-state index is 0.144. The summed E-state index contributed by atoms with van der Waals surface area (Å²) >= 11 is 10.3. The van der Waals surface area contributed by atoms with Crippen molar-refractivity contribution in [3.63, 3.8) is 0 Å². The average molecular weight is 1230 g/mol. The Balaban J connectivity index is 0.000000244. The van der Waals surface area contributed by atoms with Crippen LogP contribution < -0.4 is 32.6 Å². The summed E-state index contributed by atoms with van der Waals surface area (Å²) in [6.07, 6.45) is -0.499. The van der Waals surface area contributed by atoms with E-state index >= 15 is 0 Å². The van der Waals surface area contributed by atoms with Gasteiger partial charge in [0.2, 0.25) is 5.91 Å². The van der Waals surface area contributed by atoms with Crippen LogP contribution in [0, 0.1) is 0 Å². The van der Waals surface area contributed by atoms with Gasteiger partial charge in [0.25, 0.3) is 22.6 Å². The number of aliphatic hydroxyl groups excluding tert-OH is 1. The summed E-state index contributed by atoms with van der Waals surface area (Å²) in [5.41, 5.74) is 3.55. The molecule has 4 N–H and O–H groups in total. The number of halogens is 3. The van der Waals surface area contributed by atoms with Crippen LogP contribution in [0.2, 0.25) is 0 Å². The van der Waals surface area contributed by atoms with E-state index in [9.17, 15) is 33.6 Å². The van der Waals surface area contributed by atoms with Crippen molar-refractivity contribution in [2.75, 3.05) is 32.8 Å². The van der Waals surface area contributed by atoms with Crippen molar-refractivity contribution < 1.29 is 33.8 Å². The molecule has 3 aromatic heterocycles. The summed E-state index contributed by atoms with van der Waals surface area (Å²) in [4.78, 5) is 97.8. The molecule has 0 aliphatic heterocycles. The number of carbonyl (C=O) groups excluding carboxylic acids is 4. The first-order chi connectivity index (χ1) is 34.7. The van der Waals surface area contributed by atoms with Crippen LogP contribution in [0.5, 0.6) is 0 Å². The van der Waals surface area contributed by atoms with E-state index in [1.165, 1.54) is 6.92 Å². The Morgan fingerprint density at radius 2 is 0.853 bits per heavy atom. The van der Waals surface area contributed by atoms with Crippen molar-refractivity contribution in [2.45, 2.75) is 131 Å². The van der Waals surface area contributed by atoms with Gasteiger partial charge in [-0.2, -0.15) is 0 Å². The number of esters is 1. The molecule has 0 saturated carbocycles. The number of hydrogen-bond donors (Lipinski definition) is 4. The molecule has 0 aliphatic rings. The molecule has 22 heteroatoms. The molecule has 0 aliphatic carbocycles. The zero-order valence-electron chi connectivity index (χ0n) is 44.8. The maximum Gasteiger partial charge on any atom is 0.407 e. The van der Waals surface area contributed by atoms with Gasteiger partial charge < -0.3 is 44.2 Å². The molecule has 75 heavy (non-hydrogen) atoms. The Morgan fingerprint density at radius 1 is 0.533 bits per heavy atom. The molecule has 3 amide bonds. The fraction of sp³-hybridized carbons (Fsp3) is 0.472. The van der Waals surface area contributed by atoms with Gasteiger partial charge in [0.15, 0.2) is 6.61 Å². The molecule has 0 atom stereocenters. The average Bonchev–Trinajstić information content (AvgIpc) is 3.29. The molecule has 0 bridgehead atoms. The van der Waals surface area contributed by atoms with E-state index in [1.54, 1.807) is 34.5 Å². The molecule has 0 unspecified atom stereocenters. The first-order valence-corrected chi connectivity index (χ1v) is 26.5. The SMILES string of the molecule is CC(=O)OCC(=O)NCCn1c(=O)c(C(C)(C)C)nc2ccc(Br)cc21.CC(C)(C)OC(=O)NCCn1c(=O)c(C(C)(C)C)nc2ccc(Br)cc21.CC(C)(C)c1nc2ccc(Br)cc2n(CCNC(=O)CO)c1=O. The summed E-state index contributed by atoms with van der Waals surface area (Å²) in [5, 5.41) is 16.7. The Bertz CT molecular complexity index is 3250. The number of carbonyl (C=O) groups is 4. The van der Waals surface area contributed by atoms with Crippen molar-refractivity contribution in [2.24, 2.45) is 0 Å². The van der Waals surface area contributed by atoms with Crippen LogP contribution in [-0.4, -0.2) is 96.1 Å². The Morgan fingerprint density at radius 3 is 1.15 bits per heavy atom. The van der Waals surface area contributed by atoms with Crippen molar-refractivity contribution in [3.05, 3.63) is 116 Å². The van der Waals surface area contributed by atoms with E-state index in [4.69, 9.17) is 9.84 Å². The monoisotopic (exact) mass is 1230 g/mol. The summed E-state index contributed by atoms with van der Waals surface area (Å²) < 4.78 is 17.3. The molecular formula is C53H68Br3N9O10. The van der Waals surface area contributed by atoms with Gasteiger partial charge in [0.1, 0.15) is 29.3 Å². The third-order valence-electron chi connectivity index (χ3n) is 10.7. The predicted octanol–water partition coefficient (Wildman–Crippen LogP) is 7.68. The zero-order valence-corrected chi connectivity index (χ0v) is 49.5.